The summed E-state index contributed by atoms with van der Waals surface area (Å²) in [5, 5.41) is 0. The van der Waals surface area contributed by atoms with Gasteiger partial charge in [0.25, 0.3) is 0 Å². The lowest BCUT2D eigenvalue weighted by Gasteiger charge is -2.16. The minimum atomic E-state index is 0.293. The number of ketones is 1. The van der Waals surface area contributed by atoms with Crippen molar-refractivity contribution in [3.8, 4) is 0 Å². The topological polar surface area (TPSA) is 17.1 Å². The van der Waals surface area contributed by atoms with Gasteiger partial charge in [0.1, 0.15) is 0 Å². The second kappa shape index (κ2) is 2.47. The fourth-order valence-corrected chi connectivity index (χ4v) is 2.38. The van der Waals surface area contributed by atoms with E-state index in [-0.39, 0.29) is 0 Å². The van der Waals surface area contributed by atoms with E-state index in [0.29, 0.717) is 5.78 Å². The number of Topliss-reactive ketones (excluding diaryl/α,β-unsaturated/α-hetero) is 1. The smallest absolute Gasteiger partial charge is 0.155 e. The van der Waals surface area contributed by atoms with Crippen LogP contribution in [0.25, 0.3) is 0 Å². The summed E-state index contributed by atoms with van der Waals surface area (Å²) in [5.41, 5.74) is 1.10. The third-order valence-corrected chi connectivity index (χ3v) is 2.98. The normalized spacial score (nSPS) is 35.2. The van der Waals surface area contributed by atoms with Crippen LogP contribution < -0.4 is 0 Å². The first-order valence-corrected chi connectivity index (χ1v) is 4.47. The lowest BCUT2D eigenvalue weighted by Crippen LogP contribution is -2.09. The van der Waals surface area contributed by atoms with Crippen LogP contribution in [0.1, 0.15) is 32.6 Å². The first-order valence-electron chi connectivity index (χ1n) is 4.47. The summed E-state index contributed by atoms with van der Waals surface area (Å²) in [6, 6.07) is 0. The third-order valence-electron chi connectivity index (χ3n) is 2.98. The van der Waals surface area contributed by atoms with Gasteiger partial charge < -0.3 is 0 Å². The van der Waals surface area contributed by atoms with Crippen molar-refractivity contribution in [2.24, 2.45) is 11.8 Å². The van der Waals surface area contributed by atoms with E-state index in [1.54, 1.807) is 6.92 Å². The lowest BCUT2D eigenvalue weighted by atomic mass is 9.88. The van der Waals surface area contributed by atoms with E-state index in [1.807, 2.05) is 0 Å². The van der Waals surface area contributed by atoms with E-state index in [1.165, 1.54) is 19.3 Å². The summed E-state index contributed by atoms with van der Waals surface area (Å²) in [5.74, 6) is 1.87. The third kappa shape index (κ3) is 1.24. The number of allylic oxidation sites excluding steroid dienone is 2. The monoisotopic (exact) mass is 150 g/mol. The molecule has 0 N–H and O–H groups in total. The first-order chi connectivity index (χ1) is 5.25. The van der Waals surface area contributed by atoms with Gasteiger partial charge in [0.2, 0.25) is 0 Å². The van der Waals surface area contributed by atoms with Gasteiger partial charge in [-0.1, -0.05) is 6.08 Å². The predicted molar refractivity (Wildman–Crippen MR) is 44.2 cm³/mol. The molecule has 0 spiro atoms. The Bertz CT molecular complexity index is 215. The Morgan fingerprint density at radius 1 is 1.55 bits per heavy atom. The van der Waals surface area contributed by atoms with Crippen molar-refractivity contribution >= 4 is 5.78 Å². The maximum absolute atomic E-state index is 11.0. The number of carbonyl (C=O) groups is 1. The van der Waals surface area contributed by atoms with Crippen molar-refractivity contribution in [2.45, 2.75) is 32.6 Å². The molecule has 2 atom stereocenters. The minimum absolute atomic E-state index is 0.293. The highest BCUT2D eigenvalue weighted by Gasteiger charge is 2.29. The highest BCUT2D eigenvalue weighted by atomic mass is 16.1. The van der Waals surface area contributed by atoms with Crippen LogP contribution in [-0.4, -0.2) is 5.78 Å². The maximum atomic E-state index is 11.0. The maximum Gasteiger partial charge on any atom is 0.155 e. The molecule has 2 rings (SSSR count). The van der Waals surface area contributed by atoms with Crippen LogP contribution in [0.5, 0.6) is 0 Å². The van der Waals surface area contributed by atoms with Crippen LogP contribution in [0.2, 0.25) is 0 Å². The Morgan fingerprint density at radius 3 is 3.00 bits per heavy atom. The van der Waals surface area contributed by atoms with E-state index in [9.17, 15) is 4.79 Å². The van der Waals surface area contributed by atoms with Crippen molar-refractivity contribution in [1.82, 2.24) is 0 Å². The molecule has 60 valence electrons. The summed E-state index contributed by atoms with van der Waals surface area (Å²) in [4.78, 5) is 11.0. The predicted octanol–water partition coefficient (Wildman–Crippen LogP) is 2.32. The van der Waals surface area contributed by atoms with Gasteiger partial charge in [-0.2, -0.15) is 0 Å². The number of carbonyl (C=O) groups excluding carboxylic acids is 1. The minimum Gasteiger partial charge on any atom is -0.295 e. The molecule has 0 aromatic heterocycles. The van der Waals surface area contributed by atoms with Gasteiger partial charge in [-0.15, -0.1) is 0 Å². The molecule has 2 aliphatic carbocycles. The molecule has 2 unspecified atom stereocenters. The molecule has 0 heterocycles. The molecule has 0 saturated heterocycles. The highest BCUT2D eigenvalue weighted by Crippen LogP contribution is 2.40. The molecular weight excluding hydrogens is 136 g/mol. The molecule has 2 aliphatic rings. The second-order valence-electron chi connectivity index (χ2n) is 3.89. The Balaban J connectivity index is 2.19. The van der Waals surface area contributed by atoms with E-state index in [2.05, 4.69) is 6.08 Å². The number of fused-ring (bicyclic) bond motifs is 2. The van der Waals surface area contributed by atoms with Crippen molar-refractivity contribution in [3.05, 3.63) is 11.6 Å². The van der Waals surface area contributed by atoms with Gasteiger partial charge in [0.15, 0.2) is 5.78 Å². The molecule has 1 saturated carbocycles. The zero-order valence-corrected chi connectivity index (χ0v) is 6.97. The fourth-order valence-electron chi connectivity index (χ4n) is 2.38. The summed E-state index contributed by atoms with van der Waals surface area (Å²) in [7, 11) is 0. The first kappa shape index (κ1) is 7.08. The van der Waals surface area contributed by atoms with Crippen molar-refractivity contribution in [1.29, 1.82) is 0 Å². The van der Waals surface area contributed by atoms with Gasteiger partial charge in [-0.05, 0) is 50.0 Å². The Hall–Kier alpha value is -0.590. The van der Waals surface area contributed by atoms with Crippen LogP contribution in [0.3, 0.4) is 0 Å². The summed E-state index contributed by atoms with van der Waals surface area (Å²) < 4.78 is 0. The molecule has 0 amide bonds. The average Bonchev–Trinajstić information content (AvgIpc) is 2.30. The average molecular weight is 150 g/mol. The summed E-state index contributed by atoms with van der Waals surface area (Å²) in [6.07, 6.45) is 7.29. The Kier molecular flexibility index (Phi) is 1.59. The summed E-state index contributed by atoms with van der Waals surface area (Å²) in [6.45, 7) is 1.69. The molecule has 0 aliphatic heterocycles. The van der Waals surface area contributed by atoms with Crippen molar-refractivity contribution in [3.63, 3.8) is 0 Å². The van der Waals surface area contributed by atoms with Gasteiger partial charge in [0, 0.05) is 0 Å². The molecule has 0 aromatic rings. The zero-order chi connectivity index (χ0) is 7.84. The quantitative estimate of drug-likeness (QED) is 0.560. The van der Waals surface area contributed by atoms with Gasteiger partial charge in [-0.3, -0.25) is 4.79 Å². The Labute approximate surface area is 67.5 Å². The van der Waals surface area contributed by atoms with Crippen molar-refractivity contribution in [2.75, 3.05) is 0 Å². The van der Waals surface area contributed by atoms with Crippen LogP contribution >= 0.6 is 0 Å². The second-order valence-corrected chi connectivity index (χ2v) is 3.89. The van der Waals surface area contributed by atoms with Crippen molar-refractivity contribution < 1.29 is 4.79 Å². The lowest BCUT2D eigenvalue weighted by molar-refractivity contribution is -0.113. The molecule has 1 heteroatoms. The standard InChI is InChI=1S/C10H14O/c1-7(11)10-5-8-2-3-9(4-8)6-10/h5,8-9H,2-4,6H2,1H3. The van der Waals surface area contributed by atoms with Gasteiger partial charge >= 0.3 is 0 Å². The zero-order valence-electron chi connectivity index (χ0n) is 6.97. The van der Waals surface area contributed by atoms with E-state index in [4.69, 9.17) is 0 Å². The number of hydrogen-bond acceptors (Lipinski definition) is 1. The van der Waals surface area contributed by atoms with Crippen LogP contribution in [0.4, 0.5) is 0 Å². The molecule has 0 radical (unpaired) electrons. The van der Waals surface area contributed by atoms with Crippen LogP contribution in [0, 0.1) is 11.8 Å². The van der Waals surface area contributed by atoms with Gasteiger partial charge in [0.05, 0.1) is 0 Å². The molecule has 0 aromatic carbocycles. The Morgan fingerprint density at radius 2 is 2.36 bits per heavy atom. The molecule has 1 nitrogen and oxygen atoms in total. The number of rotatable bonds is 1. The molecule has 2 bridgehead atoms. The molecule has 1 fully saturated rings. The number of hydrogen-bond donors (Lipinski definition) is 0. The van der Waals surface area contributed by atoms with E-state index in [0.717, 1.165) is 23.8 Å². The SMILES string of the molecule is CC(=O)C1=CC2CCC(C1)C2. The highest BCUT2D eigenvalue weighted by molar-refractivity contribution is 5.93. The fraction of sp³-hybridized carbons (Fsp3) is 0.700. The van der Waals surface area contributed by atoms with Gasteiger partial charge in [-0.25, -0.2) is 0 Å². The van der Waals surface area contributed by atoms with E-state index >= 15 is 0 Å². The molecular formula is C10H14O. The van der Waals surface area contributed by atoms with Crippen LogP contribution in [0.15, 0.2) is 11.6 Å². The molecule has 11 heavy (non-hydrogen) atoms. The van der Waals surface area contributed by atoms with Crippen LogP contribution in [-0.2, 0) is 4.79 Å². The largest absolute Gasteiger partial charge is 0.295 e. The van der Waals surface area contributed by atoms with E-state index < -0.39 is 0 Å². The summed E-state index contributed by atoms with van der Waals surface area (Å²) >= 11 is 0.